The third kappa shape index (κ3) is 2.09. The highest BCUT2D eigenvalue weighted by Gasteiger charge is 2.64. The third-order valence-corrected chi connectivity index (χ3v) is 9.49. The molecule has 0 bridgehead atoms. The molecule has 0 aromatic carbocycles. The molecule has 4 aliphatic carbocycles. The van der Waals surface area contributed by atoms with Crippen LogP contribution >= 0.6 is 0 Å². The molecule has 1 N–H and O–H groups in total. The van der Waals surface area contributed by atoms with Crippen LogP contribution in [0, 0.1) is 34.5 Å². The number of hydroxylamine groups is 2. The maximum Gasteiger partial charge on any atom is 0.0814 e. The molecule has 0 amide bonds. The molecule has 0 aromatic rings. The van der Waals surface area contributed by atoms with Gasteiger partial charge in [0.05, 0.1) is 12.2 Å². The summed E-state index contributed by atoms with van der Waals surface area (Å²) in [4.78, 5) is 6.09. The zero-order valence-corrected chi connectivity index (χ0v) is 16.4. The van der Waals surface area contributed by atoms with E-state index < -0.39 is 0 Å². The predicted molar refractivity (Wildman–Crippen MR) is 98.7 cm³/mol. The fraction of sp³-hybridized carbons (Fsp3) is 0.909. The molecule has 5 aliphatic rings. The smallest absolute Gasteiger partial charge is 0.0814 e. The molecule has 9 atom stereocenters. The number of rotatable bonds is 0. The minimum absolute atomic E-state index is 0.0952. The van der Waals surface area contributed by atoms with Gasteiger partial charge in [0.1, 0.15) is 0 Å². The Morgan fingerprint density at radius 1 is 1.20 bits per heavy atom. The average Bonchev–Trinajstić information content (AvgIpc) is 3.03. The number of fused-ring (bicyclic) bond motifs is 7. The van der Waals surface area contributed by atoms with Crippen LogP contribution in [0.5, 0.6) is 0 Å². The molecule has 1 saturated heterocycles. The Hall–Kier alpha value is -0.380. The molecule has 3 saturated carbocycles. The van der Waals surface area contributed by atoms with E-state index in [1.54, 1.807) is 5.57 Å². The summed E-state index contributed by atoms with van der Waals surface area (Å²) in [6.07, 6.45) is 11.3. The number of nitrogens with zero attached hydrogens (tertiary/aromatic N) is 1. The maximum atomic E-state index is 10.2. The van der Waals surface area contributed by atoms with Crippen LogP contribution in [-0.4, -0.2) is 35.5 Å². The molecule has 1 aliphatic heterocycles. The van der Waals surface area contributed by atoms with Crippen molar-refractivity contribution in [1.29, 1.82) is 0 Å². The van der Waals surface area contributed by atoms with Gasteiger partial charge in [0.2, 0.25) is 0 Å². The summed E-state index contributed by atoms with van der Waals surface area (Å²) in [5, 5.41) is 12.3. The fourth-order valence-electron chi connectivity index (χ4n) is 8.32. The second-order valence-corrected chi connectivity index (χ2v) is 10.4. The minimum atomic E-state index is -0.0952. The molecule has 25 heavy (non-hydrogen) atoms. The molecule has 1 unspecified atom stereocenters. The van der Waals surface area contributed by atoms with Gasteiger partial charge < -0.3 is 5.11 Å². The number of allylic oxidation sites excluding steroid dienone is 1. The molecule has 3 nitrogen and oxygen atoms in total. The van der Waals surface area contributed by atoms with Crippen molar-refractivity contribution in [2.24, 2.45) is 34.5 Å². The van der Waals surface area contributed by atoms with Gasteiger partial charge in [-0.15, -0.1) is 0 Å². The zero-order valence-electron chi connectivity index (χ0n) is 16.4. The molecule has 0 spiro atoms. The minimum Gasteiger partial charge on any atom is -0.393 e. The van der Waals surface area contributed by atoms with Crippen molar-refractivity contribution in [2.45, 2.75) is 84.0 Å². The molecule has 0 radical (unpaired) electrons. The molecule has 5 rings (SSSR count). The van der Waals surface area contributed by atoms with Gasteiger partial charge >= 0.3 is 0 Å². The van der Waals surface area contributed by atoms with Gasteiger partial charge in [0.25, 0.3) is 0 Å². The van der Waals surface area contributed by atoms with Crippen molar-refractivity contribution in [3.05, 3.63) is 11.6 Å². The van der Waals surface area contributed by atoms with E-state index in [2.05, 4.69) is 39.0 Å². The highest BCUT2D eigenvalue weighted by Crippen LogP contribution is 2.68. The largest absolute Gasteiger partial charge is 0.393 e. The van der Waals surface area contributed by atoms with Crippen LogP contribution in [0.4, 0.5) is 0 Å². The molecule has 3 heteroatoms. The summed E-state index contributed by atoms with van der Waals surface area (Å²) in [5.74, 6) is 3.22. The lowest BCUT2D eigenvalue weighted by atomic mass is 9.47. The fourth-order valence-corrected chi connectivity index (χ4v) is 8.32. The van der Waals surface area contributed by atoms with E-state index >= 15 is 0 Å². The van der Waals surface area contributed by atoms with E-state index in [1.165, 1.54) is 32.1 Å². The molecule has 1 heterocycles. The summed E-state index contributed by atoms with van der Waals surface area (Å²) < 4.78 is 0. The molecular weight excluding hydrogens is 310 g/mol. The van der Waals surface area contributed by atoms with Crippen molar-refractivity contribution in [1.82, 2.24) is 5.06 Å². The van der Waals surface area contributed by atoms with Gasteiger partial charge in [-0.3, -0.25) is 4.84 Å². The monoisotopic (exact) mass is 345 g/mol. The van der Waals surface area contributed by atoms with E-state index in [-0.39, 0.29) is 6.10 Å². The lowest BCUT2D eigenvalue weighted by Crippen LogP contribution is -2.51. The van der Waals surface area contributed by atoms with Gasteiger partial charge in [0, 0.05) is 19.0 Å². The van der Waals surface area contributed by atoms with Crippen LogP contribution in [0.15, 0.2) is 11.6 Å². The van der Waals surface area contributed by atoms with Gasteiger partial charge in [-0.1, -0.05) is 25.5 Å². The normalized spacial score (nSPS) is 58.1. The second-order valence-electron chi connectivity index (χ2n) is 10.4. The van der Waals surface area contributed by atoms with Gasteiger partial charge in [-0.05, 0) is 80.5 Å². The first-order chi connectivity index (χ1) is 11.8. The first-order valence-corrected chi connectivity index (χ1v) is 10.6. The Bertz CT molecular complexity index is 603. The average molecular weight is 346 g/mol. The highest BCUT2D eigenvalue weighted by atomic mass is 16.7. The Balaban J connectivity index is 1.49. The van der Waals surface area contributed by atoms with Crippen molar-refractivity contribution < 1.29 is 9.94 Å². The van der Waals surface area contributed by atoms with Crippen LogP contribution in [0.1, 0.15) is 65.7 Å². The van der Waals surface area contributed by atoms with Gasteiger partial charge in [-0.2, -0.15) is 5.06 Å². The van der Waals surface area contributed by atoms with Crippen molar-refractivity contribution in [3.63, 3.8) is 0 Å². The van der Waals surface area contributed by atoms with Gasteiger partial charge in [0.15, 0.2) is 0 Å². The lowest BCUT2D eigenvalue weighted by Gasteiger charge is -2.58. The Morgan fingerprint density at radius 2 is 2.00 bits per heavy atom. The summed E-state index contributed by atoms with van der Waals surface area (Å²) in [7, 11) is 2.15. The van der Waals surface area contributed by atoms with Gasteiger partial charge in [-0.25, -0.2) is 0 Å². The maximum absolute atomic E-state index is 10.2. The molecule has 0 aromatic heterocycles. The number of aliphatic hydroxyl groups excluding tert-OH is 1. The Kier molecular flexibility index (Phi) is 3.57. The number of aliphatic hydroxyl groups is 1. The highest BCUT2D eigenvalue weighted by molar-refractivity contribution is 5.26. The van der Waals surface area contributed by atoms with Crippen LogP contribution in [0.25, 0.3) is 0 Å². The SMILES string of the molecule is C[C@H]1ON(C)[C@@H]2CC3[C@@H]4CC=C5C[C@@H](O)CC[C@]5(C)[C@H]4CC[C@]3(C)[C@@H]21. The quantitative estimate of drug-likeness (QED) is 0.669. The topological polar surface area (TPSA) is 32.7 Å². The van der Waals surface area contributed by atoms with E-state index in [9.17, 15) is 5.11 Å². The van der Waals surface area contributed by atoms with E-state index in [1.807, 2.05) is 0 Å². The third-order valence-electron chi connectivity index (χ3n) is 9.49. The lowest BCUT2D eigenvalue weighted by molar-refractivity contribution is -0.154. The summed E-state index contributed by atoms with van der Waals surface area (Å²) >= 11 is 0. The van der Waals surface area contributed by atoms with Crippen molar-refractivity contribution >= 4 is 0 Å². The van der Waals surface area contributed by atoms with E-state index in [0.717, 1.165) is 30.6 Å². The summed E-state index contributed by atoms with van der Waals surface area (Å²) in [6, 6.07) is 0.620. The van der Waals surface area contributed by atoms with Crippen molar-refractivity contribution in [2.75, 3.05) is 7.05 Å². The Labute approximate surface area is 152 Å². The standard InChI is InChI=1S/C22H35NO2/c1-13-20-19(23(4)25-13)12-18-16-6-5-14-11-15(24)7-9-21(14,2)17(16)8-10-22(18,20)3/h5,13,15-20,24H,6-12H2,1-4H3/t13-,15+,16-,17+,18?,19-,20-,21+,22+/m1/s1. The molecule has 140 valence electrons. The van der Waals surface area contributed by atoms with Crippen LogP contribution in [0.3, 0.4) is 0 Å². The van der Waals surface area contributed by atoms with Crippen molar-refractivity contribution in [3.8, 4) is 0 Å². The number of hydrogen-bond donors (Lipinski definition) is 1. The summed E-state index contributed by atoms with van der Waals surface area (Å²) in [5.41, 5.74) is 2.39. The predicted octanol–water partition coefficient (Wildman–Crippen LogP) is 4.17. The second kappa shape index (κ2) is 5.33. The number of hydrogen-bond acceptors (Lipinski definition) is 3. The van der Waals surface area contributed by atoms with E-state index in [0.29, 0.717) is 28.9 Å². The molecule has 4 fully saturated rings. The van der Waals surface area contributed by atoms with E-state index in [4.69, 9.17) is 4.84 Å². The summed E-state index contributed by atoms with van der Waals surface area (Å²) in [6.45, 7) is 7.41. The Morgan fingerprint density at radius 3 is 2.80 bits per heavy atom. The molecular formula is C22H35NO2. The van der Waals surface area contributed by atoms with Crippen LogP contribution in [-0.2, 0) is 4.84 Å². The first kappa shape index (κ1) is 16.8. The van der Waals surface area contributed by atoms with Crippen LogP contribution < -0.4 is 0 Å². The zero-order chi connectivity index (χ0) is 17.6. The van der Waals surface area contributed by atoms with Crippen LogP contribution in [0.2, 0.25) is 0 Å². The first-order valence-electron chi connectivity index (χ1n) is 10.6.